The molecule has 0 radical (unpaired) electrons. The minimum Gasteiger partial charge on any atom is -0.368 e. The van der Waals surface area contributed by atoms with Gasteiger partial charge in [0.05, 0.1) is 0 Å². The van der Waals surface area contributed by atoms with Gasteiger partial charge in [-0.3, -0.25) is 0 Å². The molecule has 1 aliphatic rings. The fourth-order valence-electron chi connectivity index (χ4n) is 2.14. The number of hydrogen-bond donors (Lipinski definition) is 1. The molecule has 1 rings (SSSR count). The molecule has 1 N–H and O–H groups in total. The van der Waals surface area contributed by atoms with Crippen LogP contribution in [0.1, 0.15) is 64.7 Å². The van der Waals surface area contributed by atoms with Gasteiger partial charge in [0.25, 0.3) is 0 Å². The van der Waals surface area contributed by atoms with E-state index in [-0.39, 0.29) is 0 Å². The van der Waals surface area contributed by atoms with Crippen LogP contribution in [-0.2, 0) is 0 Å². The van der Waals surface area contributed by atoms with Crippen molar-refractivity contribution in [2.45, 2.75) is 77.3 Å². The quantitative estimate of drug-likeness (QED) is 0.424. The van der Waals surface area contributed by atoms with Gasteiger partial charge < -0.3 is 5.32 Å². The third-order valence-corrected chi connectivity index (χ3v) is 4.63. The molecule has 0 aromatic carbocycles. The zero-order chi connectivity index (χ0) is 14.7. The third-order valence-electron chi connectivity index (χ3n) is 3.43. The van der Waals surface area contributed by atoms with Crippen LogP contribution in [0.4, 0.5) is 0 Å². The second-order valence-corrected chi connectivity index (χ2v) is 7.16. The van der Waals surface area contributed by atoms with Crippen molar-refractivity contribution in [1.82, 2.24) is 5.32 Å². The average Bonchev–Trinajstić information content (AvgIpc) is 2.79. The molecule has 2 heteroatoms. The Kier molecular flexibility index (Phi) is 17.5. The van der Waals surface area contributed by atoms with Crippen molar-refractivity contribution in [2.75, 3.05) is 0 Å². The van der Waals surface area contributed by atoms with Crippen LogP contribution in [0.5, 0.6) is 0 Å². The lowest BCUT2D eigenvalue weighted by Gasteiger charge is -2.00. The molecule has 0 aromatic rings. The summed E-state index contributed by atoms with van der Waals surface area (Å²) >= 11 is 0. The van der Waals surface area contributed by atoms with E-state index < -0.39 is 0 Å². The monoisotopic (exact) mass is 293 g/mol. The van der Waals surface area contributed by atoms with Crippen molar-refractivity contribution in [3.05, 3.63) is 36.7 Å². The number of unbranched alkanes of at least 4 members (excludes halogenated alkanes) is 8. The summed E-state index contributed by atoms with van der Waals surface area (Å²) in [7, 11) is 0.363. The summed E-state index contributed by atoms with van der Waals surface area (Å²) in [5.74, 6) is 0. The number of hydrogen-bond acceptors (Lipinski definition) is 1. The van der Waals surface area contributed by atoms with Gasteiger partial charge in [0, 0.05) is 21.9 Å². The van der Waals surface area contributed by atoms with Gasteiger partial charge in [0.15, 0.2) is 0 Å². The highest BCUT2D eigenvalue weighted by Gasteiger charge is 1.91. The molecule has 0 bridgehead atoms. The Balaban J connectivity index is 0.000000428. The van der Waals surface area contributed by atoms with E-state index in [1.165, 1.54) is 57.8 Å². The van der Waals surface area contributed by atoms with E-state index in [0.717, 1.165) is 0 Å². The molecule has 1 heterocycles. The molecular weight excluding hydrogens is 258 g/mol. The second-order valence-electron chi connectivity index (χ2n) is 5.45. The first kappa shape index (κ1) is 19.2. The fraction of sp³-hybridized carbons (Fsp3) is 0.667. The zero-order valence-corrected chi connectivity index (χ0v) is 15.2. The Morgan fingerprint density at radius 3 is 1.70 bits per heavy atom. The Morgan fingerprint density at radius 2 is 1.20 bits per heavy atom. The molecule has 0 atom stereocenters. The Labute approximate surface area is 129 Å². The SMILES string of the molecule is C1=CC=CNC=C1.CCCCCCCCCCC[SiH2]C. The zero-order valence-electron chi connectivity index (χ0n) is 13.7. The number of allylic oxidation sites excluding steroid dienone is 4. The topological polar surface area (TPSA) is 12.0 Å². The van der Waals surface area contributed by atoms with Crippen molar-refractivity contribution in [2.24, 2.45) is 0 Å². The maximum atomic E-state index is 2.92. The van der Waals surface area contributed by atoms with E-state index in [4.69, 9.17) is 0 Å². The minimum atomic E-state index is 0.363. The van der Waals surface area contributed by atoms with E-state index in [1.54, 1.807) is 6.04 Å². The summed E-state index contributed by atoms with van der Waals surface area (Å²) in [6.07, 6.45) is 24.9. The molecule has 0 amide bonds. The molecule has 1 nitrogen and oxygen atoms in total. The Morgan fingerprint density at radius 1 is 0.700 bits per heavy atom. The van der Waals surface area contributed by atoms with Gasteiger partial charge in [-0.1, -0.05) is 89.5 Å². The van der Waals surface area contributed by atoms with Crippen molar-refractivity contribution in [1.29, 1.82) is 0 Å². The van der Waals surface area contributed by atoms with Crippen molar-refractivity contribution >= 4 is 9.52 Å². The molecule has 116 valence electrons. The first-order valence-electron chi connectivity index (χ1n) is 8.66. The average molecular weight is 294 g/mol. The molecular formula is C18H35NSi. The largest absolute Gasteiger partial charge is 0.368 e. The maximum absolute atomic E-state index is 2.92. The van der Waals surface area contributed by atoms with Crippen LogP contribution in [0.3, 0.4) is 0 Å². The van der Waals surface area contributed by atoms with Gasteiger partial charge >= 0.3 is 0 Å². The van der Waals surface area contributed by atoms with Crippen LogP contribution in [0.15, 0.2) is 36.7 Å². The Bertz CT molecular complexity index is 232. The van der Waals surface area contributed by atoms with E-state index in [1.807, 2.05) is 36.7 Å². The number of nitrogens with one attached hydrogen (secondary N) is 1. The van der Waals surface area contributed by atoms with Crippen LogP contribution in [-0.4, -0.2) is 9.52 Å². The first-order valence-corrected chi connectivity index (χ1v) is 11.1. The van der Waals surface area contributed by atoms with Gasteiger partial charge in [-0.25, -0.2) is 0 Å². The van der Waals surface area contributed by atoms with Gasteiger partial charge in [-0.05, 0) is 12.2 Å². The molecule has 1 aliphatic heterocycles. The van der Waals surface area contributed by atoms with Gasteiger partial charge in [-0.2, -0.15) is 0 Å². The predicted octanol–water partition coefficient (Wildman–Crippen LogP) is 5.33. The van der Waals surface area contributed by atoms with Crippen LogP contribution < -0.4 is 5.32 Å². The van der Waals surface area contributed by atoms with Gasteiger partial charge in [0.2, 0.25) is 0 Å². The first-order chi connectivity index (χ1) is 9.91. The number of rotatable bonds is 10. The highest BCUT2D eigenvalue weighted by molar-refractivity contribution is 6.33. The van der Waals surface area contributed by atoms with Crippen LogP contribution in [0.2, 0.25) is 12.6 Å². The van der Waals surface area contributed by atoms with Gasteiger partial charge in [-0.15, -0.1) is 0 Å². The second kappa shape index (κ2) is 18.2. The summed E-state index contributed by atoms with van der Waals surface area (Å²) in [4.78, 5) is 0. The Hall–Kier alpha value is -0.763. The molecule has 20 heavy (non-hydrogen) atoms. The molecule has 0 unspecified atom stereocenters. The molecule has 0 spiro atoms. The highest BCUT2D eigenvalue weighted by atomic mass is 28.2. The van der Waals surface area contributed by atoms with Crippen molar-refractivity contribution in [3.8, 4) is 0 Å². The standard InChI is InChI=1S/C12H28Si.C6H7N/c1-3-4-5-6-7-8-9-10-11-12-13-2;1-2-4-6-7-5-3-1/h3-13H2,1-2H3;1-7H. The summed E-state index contributed by atoms with van der Waals surface area (Å²) in [5, 5.41) is 2.92. The summed E-state index contributed by atoms with van der Waals surface area (Å²) in [6.45, 7) is 4.71. The molecule has 0 saturated heterocycles. The van der Waals surface area contributed by atoms with Crippen molar-refractivity contribution < 1.29 is 0 Å². The van der Waals surface area contributed by atoms with E-state index in [9.17, 15) is 0 Å². The van der Waals surface area contributed by atoms with Crippen LogP contribution in [0.25, 0.3) is 0 Å². The smallest absolute Gasteiger partial charge is 0.0166 e. The lowest BCUT2D eigenvalue weighted by atomic mass is 10.1. The predicted molar refractivity (Wildman–Crippen MR) is 97.0 cm³/mol. The molecule has 0 aliphatic carbocycles. The van der Waals surface area contributed by atoms with E-state index in [2.05, 4.69) is 18.8 Å². The van der Waals surface area contributed by atoms with Crippen molar-refractivity contribution in [3.63, 3.8) is 0 Å². The molecule has 0 saturated carbocycles. The van der Waals surface area contributed by atoms with E-state index in [0.29, 0.717) is 9.52 Å². The lowest BCUT2D eigenvalue weighted by Crippen LogP contribution is -1.87. The summed E-state index contributed by atoms with van der Waals surface area (Å²) in [5.41, 5.74) is 0. The van der Waals surface area contributed by atoms with Crippen LogP contribution >= 0.6 is 0 Å². The molecule has 0 aromatic heterocycles. The normalized spacial score (nSPS) is 13.1. The van der Waals surface area contributed by atoms with E-state index >= 15 is 0 Å². The minimum absolute atomic E-state index is 0.363. The maximum Gasteiger partial charge on any atom is 0.0166 e. The highest BCUT2D eigenvalue weighted by Crippen LogP contribution is 2.10. The fourth-order valence-corrected chi connectivity index (χ4v) is 3.00. The summed E-state index contributed by atoms with van der Waals surface area (Å²) < 4.78 is 0. The third kappa shape index (κ3) is 17.2. The van der Waals surface area contributed by atoms with Gasteiger partial charge in [0.1, 0.15) is 0 Å². The summed E-state index contributed by atoms with van der Waals surface area (Å²) in [6, 6.07) is 1.58. The van der Waals surface area contributed by atoms with Crippen LogP contribution in [0, 0.1) is 0 Å². The lowest BCUT2D eigenvalue weighted by molar-refractivity contribution is 0.572. The molecule has 0 fully saturated rings.